The number of hydrogen-bond donors (Lipinski definition) is 1. The number of nitrogens with two attached hydrogens (primary N) is 1. The number of rotatable bonds is 1. The van der Waals surface area contributed by atoms with Gasteiger partial charge in [0.15, 0.2) is 11.2 Å². The van der Waals surface area contributed by atoms with Crippen molar-refractivity contribution in [3.05, 3.63) is 18.2 Å². The lowest BCUT2D eigenvalue weighted by Gasteiger charge is -2.29. The van der Waals surface area contributed by atoms with Gasteiger partial charge in [0, 0.05) is 12.2 Å². The van der Waals surface area contributed by atoms with Crippen molar-refractivity contribution < 1.29 is 4.74 Å². The standard InChI is InChI=1S/C12H12N4OS/c13-6-9-7-16(3-4-17-9)12-15-10-2-1-8(14)5-11(10)18-12/h1-2,5,9H,3-4,7,14H2. The van der Waals surface area contributed by atoms with E-state index < -0.39 is 0 Å². The molecule has 3 rings (SSSR count). The molecule has 6 heteroatoms. The molecule has 1 aromatic carbocycles. The summed E-state index contributed by atoms with van der Waals surface area (Å²) in [4.78, 5) is 6.67. The number of benzene rings is 1. The topological polar surface area (TPSA) is 75.2 Å². The molecule has 92 valence electrons. The highest BCUT2D eigenvalue weighted by molar-refractivity contribution is 7.22. The summed E-state index contributed by atoms with van der Waals surface area (Å²) >= 11 is 1.60. The molecule has 2 N–H and O–H groups in total. The van der Waals surface area contributed by atoms with Gasteiger partial charge in [-0.2, -0.15) is 5.26 Å². The van der Waals surface area contributed by atoms with Crippen LogP contribution in [0.25, 0.3) is 10.2 Å². The molecule has 1 aliphatic rings. The van der Waals surface area contributed by atoms with Crippen LogP contribution in [-0.2, 0) is 4.74 Å². The number of hydrogen-bond acceptors (Lipinski definition) is 6. The van der Waals surface area contributed by atoms with Gasteiger partial charge in [0.2, 0.25) is 0 Å². The lowest BCUT2D eigenvalue weighted by atomic mass is 10.3. The zero-order chi connectivity index (χ0) is 12.5. The predicted molar refractivity (Wildman–Crippen MR) is 71.6 cm³/mol. The van der Waals surface area contributed by atoms with Crippen LogP contribution < -0.4 is 10.6 Å². The van der Waals surface area contributed by atoms with Crippen LogP contribution in [0.4, 0.5) is 10.8 Å². The summed E-state index contributed by atoms with van der Waals surface area (Å²) in [7, 11) is 0. The monoisotopic (exact) mass is 260 g/mol. The summed E-state index contributed by atoms with van der Waals surface area (Å²) < 4.78 is 6.40. The van der Waals surface area contributed by atoms with E-state index in [-0.39, 0.29) is 6.10 Å². The van der Waals surface area contributed by atoms with Gasteiger partial charge < -0.3 is 15.4 Å². The Hall–Kier alpha value is -1.84. The number of nitriles is 1. The van der Waals surface area contributed by atoms with Gasteiger partial charge in [0.1, 0.15) is 0 Å². The van der Waals surface area contributed by atoms with E-state index in [4.69, 9.17) is 15.7 Å². The van der Waals surface area contributed by atoms with Crippen molar-refractivity contribution in [2.75, 3.05) is 30.3 Å². The minimum absolute atomic E-state index is 0.365. The van der Waals surface area contributed by atoms with Crippen molar-refractivity contribution in [1.82, 2.24) is 4.98 Å². The number of nitrogens with zero attached hydrogens (tertiary/aromatic N) is 3. The van der Waals surface area contributed by atoms with Crippen LogP contribution >= 0.6 is 11.3 Å². The highest BCUT2D eigenvalue weighted by Gasteiger charge is 2.22. The molecule has 2 aromatic rings. The molecule has 1 aliphatic heterocycles. The molecule has 1 fully saturated rings. The van der Waals surface area contributed by atoms with E-state index in [1.165, 1.54) is 0 Å². The number of fused-ring (bicyclic) bond motifs is 1. The van der Waals surface area contributed by atoms with Gasteiger partial charge in [0.05, 0.1) is 29.4 Å². The molecule has 0 amide bonds. The van der Waals surface area contributed by atoms with E-state index >= 15 is 0 Å². The molecule has 1 unspecified atom stereocenters. The van der Waals surface area contributed by atoms with Crippen LogP contribution in [0.5, 0.6) is 0 Å². The van der Waals surface area contributed by atoms with Gasteiger partial charge in [0.25, 0.3) is 0 Å². The summed E-state index contributed by atoms with van der Waals surface area (Å²) in [6, 6.07) is 7.84. The zero-order valence-electron chi connectivity index (χ0n) is 9.67. The molecule has 2 heterocycles. The minimum Gasteiger partial charge on any atom is -0.399 e. The smallest absolute Gasteiger partial charge is 0.186 e. The minimum atomic E-state index is -0.365. The van der Waals surface area contributed by atoms with Gasteiger partial charge in [-0.3, -0.25) is 0 Å². The normalized spacial score (nSPS) is 19.9. The summed E-state index contributed by atoms with van der Waals surface area (Å²) in [6.07, 6.45) is -0.365. The third-order valence-electron chi connectivity index (χ3n) is 2.88. The first-order valence-electron chi connectivity index (χ1n) is 5.68. The third-order valence-corrected chi connectivity index (χ3v) is 3.96. The lowest BCUT2D eigenvalue weighted by molar-refractivity contribution is 0.0764. The van der Waals surface area contributed by atoms with Crippen molar-refractivity contribution in [3.63, 3.8) is 0 Å². The molecule has 0 bridgehead atoms. The number of anilines is 2. The second kappa shape index (κ2) is 4.44. The summed E-state index contributed by atoms with van der Waals surface area (Å²) in [5.74, 6) is 0. The van der Waals surface area contributed by atoms with Crippen molar-refractivity contribution >= 4 is 32.4 Å². The molecule has 0 saturated carbocycles. The maximum absolute atomic E-state index is 8.90. The van der Waals surface area contributed by atoms with Gasteiger partial charge in [-0.15, -0.1) is 0 Å². The van der Waals surface area contributed by atoms with Gasteiger partial charge >= 0.3 is 0 Å². The number of ether oxygens (including phenoxy) is 1. The highest BCUT2D eigenvalue weighted by atomic mass is 32.1. The second-order valence-electron chi connectivity index (χ2n) is 4.16. The fraction of sp³-hybridized carbons (Fsp3) is 0.333. The van der Waals surface area contributed by atoms with Crippen LogP contribution in [0.2, 0.25) is 0 Å². The first-order valence-corrected chi connectivity index (χ1v) is 6.50. The van der Waals surface area contributed by atoms with E-state index in [0.29, 0.717) is 13.2 Å². The molecule has 1 saturated heterocycles. The average Bonchev–Trinajstić information content (AvgIpc) is 2.81. The third kappa shape index (κ3) is 1.98. The van der Waals surface area contributed by atoms with Crippen molar-refractivity contribution in [3.8, 4) is 6.07 Å². The van der Waals surface area contributed by atoms with Crippen LogP contribution in [0.3, 0.4) is 0 Å². The Bertz CT molecular complexity index is 618. The highest BCUT2D eigenvalue weighted by Crippen LogP contribution is 2.30. The van der Waals surface area contributed by atoms with Gasteiger partial charge in [-0.05, 0) is 18.2 Å². The maximum Gasteiger partial charge on any atom is 0.186 e. The molecular formula is C12H12N4OS. The zero-order valence-corrected chi connectivity index (χ0v) is 10.5. The van der Waals surface area contributed by atoms with E-state index in [1.54, 1.807) is 11.3 Å². The number of morpholine rings is 1. The lowest BCUT2D eigenvalue weighted by Crippen LogP contribution is -2.41. The quantitative estimate of drug-likeness (QED) is 0.788. The van der Waals surface area contributed by atoms with E-state index in [2.05, 4.69) is 16.0 Å². The fourth-order valence-electron chi connectivity index (χ4n) is 1.97. The Kier molecular flexibility index (Phi) is 2.78. The maximum atomic E-state index is 8.90. The molecule has 1 atom stereocenters. The number of nitrogen functional groups attached to an aromatic ring is 1. The van der Waals surface area contributed by atoms with E-state index in [9.17, 15) is 0 Å². The van der Waals surface area contributed by atoms with E-state index in [0.717, 1.165) is 27.6 Å². The average molecular weight is 260 g/mol. The molecule has 5 nitrogen and oxygen atoms in total. The van der Waals surface area contributed by atoms with Crippen molar-refractivity contribution in [2.45, 2.75) is 6.10 Å². The molecule has 1 aromatic heterocycles. The number of thiazole rings is 1. The fourth-order valence-corrected chi connectivity index (χ4v) is 3.01. The van der Waals surface area contributed by atoms with Crippen LogP contribution in [0.1, 0.15) is 0 Å². The second-order valence-corrected chi connectivity index (χ2v) is 5.17. The first-order chi connectivity index (χ1) is 8.76. The molecule has 0 radical (unpaired) electrons. The Balaban J connectivity index is 1.92. The first kappa shape index (κ1) is 11.3. The number of aromatic nitrogens is 1. The molecular weight excluding hydrogens is 248 g/mol. The van der Waals surface area contributed by atoms with E-state index in [1.807, 2.05) is 18.2 Å². The summed E-state index contributed by atoms with van der Waals surface area (Å²) in [5, 5.41) is 9.83. The van der Waals surface area contributed by atoms with Crippen molar-refractivity contribution in [2.24, 2.45) is 0 Å². The van der Waals surface area contributed by atoms with Gasteiger partial charge in [-0.1, -0.05) is 11.3 Å². The SMILES string of the molecule is N#CC1CN(c2nc3ccc(N)cc3s2)CCO1. The molecule has 0 aliphatic carbocycles. The molecule has 0 spiro atoms. The van der Waals surface area contributed by atoms with Crippen LogP contribution in [0, 0.1) is 11.3 Å². The van der Waals surface area contributed by atoms with Gasteiger partial charge in [-0.25, -0.2) is 4.98 Å². The largest absolute Gasteiger partial charge is 0.399 e. The Labute approximate surface area is 108 Å². The summed E-state index contributed by atoms with van der Waals surface area (Å²) in [6.45, 7) is 1.91. The van der Waals surface area contributed by atoms with Crippen LogP contribution in [-0.4, -0.2) is 30.8 Å². The molecule has 18 heavy (non-hydrogen) atoms. The van der Waals surface area contributed by atoms with Crippen LogP contribution in [0.15, 0.2) is 18.2 Å². The Morgan fingerprint density at radius 2 is 2.44 bits per heavy atom. The predicted octanol–water partition coefficient (Wildman–Crippen LogP) is 1.61. The summed E-state index contributed by atoms with van der Waals surface area (Å²) in [5.41, 5.74) is 7.45. The van der Waals surface area contributed by atoms with Crippen molar-refractivity contribution in [1.29, 1.82) is 5.26 Å². The Morgan fingerprint density at radius 1 is 1.56 bits per heavy atom. The Morgan fingerprint density at radius 3 is 3.28 bits per heavy atom.